The summed E-state index contributed by atoms with van der Waals surface area (Å²) in [4.78, 5) is 0. The largest absolute Gasteiger partial charge is 0.492 e. The Morgan fingerprint density at radius 2 is 1.90 bits per heavy atom. The number of nitrogens with one attached hydrogen (secondary N) is 1. The minimum atomic E-state index is 0.657. The molecule has 0 saturated carbocycles. The molecule has 0 aliphatic heterocycles. The fourth-order valence-corrected chi connectivity index (χ4v) is 3.29. The molecule has 0 unspecified atom stereocenters. The third-order valence-corrected chi connectivity index (χ3v) is 3.86. The maximum absolute atomic E-state index is 5.59. The lowest BCUT2D eigenvalue weighted by molar-refractivity contribution is 0.336. The molecule has 0 spiro atoms. The first kappa shape index (κ1) is 17.7. The van der Waals surface area contributed by atoms with Crippen LogP contribution in [0, 0.1) is 5.92 Å². The average Bonchev–Trinajstić information content (AvgIpc) is 2.33. The molecule has 0 heterocycles. The molecule has 0 saturated heterocycles. The van der Waals surface area contributed by atoms with Crippen molar-refractivity contribution in [2.45, 2.75) is 27.7 Å². The molecular formula is C16H23Br2NO. The molecule has 1 N–H and O–H groups in total. The molecule has 0 aliphatic rings. The van der Waals surface area contributed by atoms with Gasteiger partial charge in [-0.1, -0.05) is 25.5 Å². The third-order valence-electron chi connectivity index (χ3n) is 2.68. The van der Waals surface area contributed by atoms with Crippen molar-refractivity contribution in [3.05, 3.63) is 32.2 Å². The van der Waals surface area contributed by atoms with E-state index in [-0.39, 0.29) is 0 Å². The van der Waals surface area contributed by atoms with E-state index in [1.54, 1.807) is 0 Å². The van der Waals surface area contributed by atoms with E-state index < -0.39 is 0 Å². The molecule has 2 nitrogen and oxygen atoms in total. The van der Waals surface area contributed by atoms with E-state index in [1.165, 1.54) is 5.57 Å². The Balaban J connectivity index is 2.76. The first-order chi connectivity index (χ1) is 9.43. The number of rotatable bonds is 7. The molecule has 0 bridgehead atoms. The summed E-state index contributed by atoms with van der Waals surface area (Å²) in [5.41, 5.74) is 2.48. The molecular weight excluding hydrogens is 382 g/mol. The molecule has 112 valence electrons. The van der Waals surface area contributed by atoms with Gasteiger partial charge in [0.15, 0.2) is 0 Å². The number of benzene rings is 1. The van der Waals surface area contributed by atoms with Crippen LogP contribution in [0.3, 0.4) is 0 Å². The Morgan fingerprint density at radius 1 is 1.30 bits per heavy atom. The fraction of sp³-hybridized carbons (Fsp3) is 0.500. The van der Waals surface area contributed by atoms with Gasteiger partial charge < -0.3 is 10.1 Å². The standard InChI is InChI=1S/C16H23Br2NO/c1-5-20-16-14(17)7-13(8-15(16)18)6-12(4)10-19-9-11(2)3/h6-8,11,19H,5,9-10H2,1-4H3. The predicted octanol–water partition coefficient (Wildman–Crippen LogP) is 5.26. The third kappa shape index (κ3) is 5.98. The summed E-state index contributed by atoms with van der Waals surface area (Å²) in [6.07, 6.45) is 2.19. The fourth-order valence-electron chi connectivity index (χ4n) is 1.84. The van der Waals surface area contributed by atoms with Crippen LogP contribution in [0.1, 0.15) is 33.3 Å². The van der Waals surface area contributed by atoms with Gasteiger partial charge in [0.25, 0.3) is 0 Å². The number of hydrogen-bond donors (Lipinski definition) is 1. The van der Waals surface area contributed by atoms with E-state index in [4.69, 9.17) is 4.74 Å². The maximum Gasteiger partial charge on any atom is 0.147 e. The molecule has 0 amide bonds. The Morgan fingerprint density at radius 3 is 2.40 bits per heavy atom. The van der Waals surface area contributed by atoms with E-state index in [0.717, 1.165) is 33.3 Å². The van der Waals surface area contributed by atoms with Crippen LogP contribution >= 0.6 is 31.9 Å². The minimum absolute atomic E-state index is 0.657. The van der Waals surface area contributed by atoms with Crippen LogP contribution in [-0.2, 0) is 0 Å². The monoisotopic (exact) mass is 403 g/mol. The number of hydrogen-bond acceptors (Lipinski definition) is 2. The van der Waals surface area contributed by atoms with Crippen LogP contribution in [0.4, 0.5) is 0 Å². The lowest BCUT2D eigenvalue weighted by atomic mass is 10.1. The van der Waals surface area contributed by atoms with Crippen molar-refractivity contribution in [1.29, 1.82) is 0 Å². The van der Waals surface area contributed by atoms with Gasteiger partial charge >= 0.3 is 0 Å². The van der Waals surface area contributed by atoms with Gasteiger partial charge in [0.05, 0.1) is 15.6 Å². The van der Waals surface area contributed by atoms with Crippen LogP contribution in [0.2, 0.25) is 0 Å². The first-order valence-electron chi connectivity index (χ1n) is 6.93. The van der Waals surface area contributed by atoms with E-state index >= 15 is 0 Å². The molecule has 0 radical (unpaired) electrons. The Hall–Kier alpha value is -0.320. The van der Waals surface area contributed by atoms with Crippen LogP contribution < -0.4 is 10.1 Å². The van der Waals surface area contributed by atoms with Gasteiger partial charge in [-0.05, 0) is 75.9 Å². The van der Waals surface area contributed by atoms with Crippen LogP contribution in [0.5, 0.6) is 5.75 Å². The highest BCUT2D eigenvalue weighted by molar-refractivity contribution is 9.11. The van der Waals surface area contributed by atoms with Crippen molar-refractivity contribution >= 4 is 37.9 Å². The van der Waals surface area contributed by atoms with Crippen molar-refractivity contribution in [2.75, 3.05) is 19.7 Å². The number of halogens is 2. The highest BCUT2D eigenvalue weighted by atomic mass is 79.9. The van der Waals surface area contributed by atoms with Gasteiger partial charge in [-0.3, -0.25) is 0 Å². The van der Waals surface area contributed by atoms with Crippen LogP contribution in [0.25, 0.3) is 6.08 Å². The van der Waals surface area contributed by atoms with Crippen LogP contribution in [0.15, 0.2) is 26.7 Å². The molecule has 4 heteroatoms. The van der Waals surface area contributed by atoms with Crippen molar-refractivity contribution in [3.8, 4) is 5.75 Å². The summed E-state index contributed by atoms with van der Waals surface area (Å²) in [5, 5.41) is 3.45. The maximum atomic E-state index is 5.59. The minimum Gasteiger partial charge on any atom is -0.492 e. The Labute approximate surface area is 139 Å². The van der Waals surface area contributed by atoms with E-state index in [1.807, 2.05) is 6.92 Å². The summed E-state index contributed by atoms with van der Waals surface area (Å²) >= 11 is 7.12. The number of ether oxygens (including phenoxy) is 1. The lowest BCUT2D eigenvalue weighted by Gasteiger charge is -2.11. The van der Waals surface area contributed by atoms with Crippen molar-refractivity contribution in [1.82, 2.24) is 5.32 Å². The quantitative estimate of drug-likeness (QED) is 0.669. The summed E-state index contributed by atoms with van der Waals surface area (Å²) in [7, 11) is 0. The highest BCUT2D eigenvalue weighted by Gasteiger charge is 2.07. The smallest absolute Gasteiger partial charge is 0.147 e. The van der Waals surface area contributed by atoms with E-state index in [2.05, 4.69) is 76.2 Å². The van der Waals surface area contributed by atoms with Gasteiger partial charge in [0.2, 0.25) is 0 Å². The second-order valence-corrected chi connectivity index (χ2v) is 6.97. The second-order valence-electron chi connectivity index (χ2n) is 5.26. The molecule has 0 atom stereocenters. The Bertz CT molecular complexity index is 447. The van der Waals surface area contributed by atoms with E-state index in [9.17, 15) is 0 Å². The summed E-state index contributed by atoms with van der Waals surface area (Å²) < 4.78 is 7.54. The lowest BCUT2D eigenvalue weighted by Crippen LogP contribution is -2.21. The molecule has 0 aromatic heterocycles. The highest BCUT2D eigenvalue weighted by Crippen LogP contribution is 2.35. The van der Waals surface area contributed by atoms with Gasteiger partial charge in [0, 0.05) is 6.54 Å². The van der Waals surface area contributed by atoms with Gasteiger partial charge in [-0.15, -0.1) is 0 Å². The van der Waals surface area contributed by atoms with Crippen LogP contribution in [-0.4, -0.2) is 19.7 Å². The second kappa shape index (κ2) is 8.85. The Kier molecular flexibility index (Phi) is 7.85. The van der Waals surface area contributed by atoms with Gasteiger partial charge in [-0.25, -0.2) is 0 Å². The van der Waals surface area contributed by atoms with E-state index in [0.29, 0.717) is 12.5 Å². The summed E-state index contributed by atoms with van der Waals surface area (Å²) in [5.74, 6) is 1.54. The SMILES string of the molecule is CCOc1c(Br)cc(C=C(C)CNCC(C)C)cc1Br. The summed E-state index contributed by atoms with van der Waals surface area (Å²) in [6, 6.07) is 4.17. The van der Waals surface area contributed by atoms with Crippen molar-refractivity contribution < 1.29 is 4.74 Å². The molecule has 0 fully saturated rings. The van der Waals surface area contributed by atoms with Gasteiger partial charge in [-0.2, -0.15) is 0 Å². The van der Waals surface area contributed by atoms with Crippen molar-refractivity contribution in [3.63, 3.8) is 0 Å². The predicted molar refractivity (Wildman–Crippen MR) is 94.4 cm³/mol. The molecule has 1 rings (SSSR count). The molecule has 1 aromatic carbocycles. The molecule has 20 heavy (non-hydrogen) atoms. The normalized spacial score (nSPS) is 12.1. The zero-order valence-electron chi connectivity index (χ0n) is 12.6. The zero-order chi connectivity index (χ0) is 15.1. The topological polar surface area (TPSA) is 21.3 Å². The van der Waals surface area contributed by atoms with Gasteiger partial charge in [0.1, 0.15) is 5.75 Å². The molecule has 0 aliphatic carbocycles. The van der Waals surface area contributed by atoms with Crippen molar-refractivity contribution in [2.24, 2.45) is 5.92 Å². The molecule has 1 aromatic rings. The first-order valence-corrected chi connectivity index (χ1v) is 8.52. The summed E-state index contributed by atoms with van der Waals surface area (Å²) in [6.45, 7) is 11.2. The zero-order valence-corrected chi connectivity index (χ0v) is 15.8. The average molecular weight is 405 g/mol.